The van der Waals surface area contributed by atoms with Gasteiger partial charge in [-0.15, -0.1) is 0 Å². The third-order valence-electron chi connectivity index (χ3n) is 4.13. The van der Waals surface area contributed by atoms with Crippen LogP contribution in [0.3, 0.4) is 0 Å². The molecule has 0 amide bonds. The van der Waals surface area contributed by atoms with Gasteiger partial charge in [0.1, 0.15) is 31.2 Å². The topological polar surface area (TPSA) is 86.8 Å². The molecule has 0 unspecified atom stereocenters. The van der Waals surface area contributed by atoms with Gasteiger partial charge in [0.15, 0.2) is 23.0 Å². The molecule has 0 bridgehead atoms. The highest BCUT2D eigenvalue weighted by Gasteiger charge is 2.14. The van der Waals surface area contributed by atoms with E-state index in [9.17, 15) is 0 Å². The van der Waals surface area contributed by atoms with Crippen LogP contribution in [0.25, 0.3) is 0 Å². The second kappa shape index (κ2) is 6.56. The predicted octanol–water partition coefficient (Wildman–Crippen LogP) is 3.46. The van der Waals surface area contributed by atoms with Crippen LogP contribution in [0.5, 0.6) is 23.0 Å². The van der Waals surface area contributed by atoms with E-state index in [4.69, 9.17) is 18.9 Å². The molecule has 0 saturated carbocycles. The van der Waals surface area contributed by atoms with Crippen molar-refractivity contribution in [1.29, 1.82) is 0 Å². The maximum absolute atomic E-state index is 5.61. The van der Waals surface area contributed by atoms with E-state index in [1.54, 1.807) is 0 Å². The normalized spacial score (nSPS) is 13.9. The van der Waals surface area contributed by atoms with E-state index in [1.165, 1.54) is 6.33 Å². The second-order valence-electron chi connectivity index (χ2n) is 5.96. The van der Waals surface area contributed by atoms with E-state index in [0.717, 1.165) is 28.6 Å². The smallest absolute Gasteiger partial charge is 0.231 e. The summed E-state index contributed by atoms with van der Waals surface area (Å²) in [6.07, 6.45) is 1.50. The van der Waals surface area contributed by atoms with Crippen LogP contribution in [0.2, 0.25) is 0 Å². The first-order valence-corrected chi connectivity index (χ1v) is 8.49. The molecule has 0 saturated heterocycles. The van der Waals surface area contributed by atoms with E-state index in [-0.39, 0.29) is 6.79 Å². The zero-order valence-electron chi connectivity index (χ0n) is 14.3. The van der Waals surface area contributed by atoms with Crippen LogP contribution >= 0.6 is 0 Å². The van der Waals surface area contributed by atoms with Gasteiger partial charge < -0.3 is 29.6 Å². The Labute approximate surface area is 155 Å². The van der Waals surface area contributed by atoms with Gasteiger partial charge >= 0.3 is 0 Å². The van der Waals surface area contributed by atoms with Gasteiger partial charge in [-0.1, -0.05) is 0 Å². The molecule has 8 nitrogen and oxygen atoms in total. The summed E-state index contributed by atoms with van der Waals surface area (Å²) in [5.41, 5.74) is 1.70. The lowest BCUT2D eigenvalue weighted by atomic mass is 10.2. The summed E-state index contributed by atoms with van der Waals surface area (Å²) in [5.74, 6) is 4.24. The Morgan fingerprint density at radius 1 is 0.630 bits per heavy atom. The van der Waals surface area contributed by atoms with Crippen molar-refractivity contribution in [3.63, 3.8) is 0 Å². The molecule has 2 aromatic carbocycles. The summed E-state index contributed by atoms with van der Waals surface area (Å²) < 4.78 is 21.9. The van der Waals surface area contributed by atoms with Crippen LogP contribution < -0.4 is 29.6 Å². The third-order valence-corrected chi connectivity index (χ3v) is 4.13. The van der Waals surface area contributed by atoms with Gasteiger partial charge in [-0.05, 0) is 24.3 Å². The molecule has 2 aliphatic heterocycles. The molecule has 0 spiro atoms. The molecule has 0 fully saturated rings. The van der Waals surface area contributed by atoms with Gasteiger partial charge in [-0.2, -0.15) is 0 Å². The van der Waals surface area contributed by atoms with Gasteiger partial charge in [-0.3, -0.25) is 0 Å². The first kappa shape index (κ1) is 15.6. The fourth-order valence-corrected chi connectivity index (χ4v) is 2.89. The zero-order valence-corrected chi connectivity index (χ0v) is 14.3. The van der Waals surface area contributed by atoms with Crippen molar-refractivity contribution in [2.75, 3.05) is 30.6 Å². The molecule has 1 aromatic heterocycles. The zero-order chi connectivity index (χ0) is 18.1. The van der Waals surface area contributed by atoms with Crippen molar-refractivity contribution in [2.24, 2.45) is 0 Å². The van der Waals surface area contributed by atoms with Crippen LogP contribution in [-0.4, -0.2) is 30.0 Å². The molecule has 8 heteroatoms. The average Bonchev–Trinajstić information content (AvgIpc) is 3.16. The van der Waals surface area contributed by atoms with Gasteiger partial charge in [0.25, 0.3) is 0 Å². The number of ether oxygens (including phenoxy) is 4. The molecule has 3 aromatic rings. The maximum atomic E-state index is 5.61. The Morgan fingerprint density at radius 3 is 1.89 bits per heavy atom. The molecule has 2 aliphatic rings. The van der Waals surface area contributed by atoms with Gasteiger partial charge in [0.2, 0.25) is 6.79 Å². The molecule has 0 radical (unpaired) electrons. The highest BCUT2D eigenvalue weighted by Crippen LogP contribution is 2.35. The maximum Gasteiger partial charge on any atom is 0.231 e. The van der Waals surface area contributed by atoms with E-state index < -0.39 is 0 Å². The third kappa shape index (κ3) is 3.24. The summed E-state index contributed by atoms with van der Waals surface area (Å²) in [6, 6.07) is 13.1. The minimum Gasteiger partial charge on any atom is -0.486 e. The lowest BCUT2D eigenvalue weighted by Gasteiger charge is -2.19. The molecule has 27 heavy (non-hydrogen) atoms. The number of rotatable bonds is 4. The summed E-state index contributed by atoms with van der Waals surface area (Å²) in [6.45, 7) is 1.37. The second-order valence-corrected chi connectivity index (χ2v) is 5.96. The Balaban J connectivity index is 1.33. The highest BCUT2D eigenvalue weighted by molar-refractivity contribution is 5.66. The van der Waals surface area contributed by atoms with E-state index in [2.05, 4.69) is 20.6 Å². The number of anilines is 4. The number of nitrogens with one attached hydrogen (secondary N) is 2. The Bertz CT molecular complexity index is 995. The number of aromatic nitrogens is 2. The summed E-state index contributed by atoms with van der Waals surface area (Å²) in [4.78, 5) is 8.53. The van der Waals surface area contributed by atoms with Crippen LogP contribution in [0, 0.1) is 0 Å². The van der Waals surface area contributed by atoms with Crippen molar-refractivity contribution in [3.05, 3.63) is 48.8 Å². The fourth-order valence-electron chi connectivity index (χ4n) is 2.89. The Kier molecular flexibility index (Phi) is 3.78. The van der Waals surface area contributed by atoms with Crippen molar-refractivity contribution in [3.8, 4) is 23.0 Å². The molecule has 136 valence electrons. The largest absolute Gasteiger partial charge is 0.486 e. The van der Waals surface area contributed by atoms with Crippen molar-refractivity contribution in [2.45, 2.75) is 0 Å². The van der Waals surface area contributed by atoms with Gasteiger partial charge in [0, 0.05) is 29.6 Å². The molecular formula is C19H16N4O4. The Morgan fingerprint density at radius 2 is 1.19 bits per heavy atom. The standard InChI is InChI=1S/C19H16N4O4/c1-3-14-16(25-6-5-24-14)7-12(1)22-18-9-19(21-10-20-18)23-13-2-4-15-17(8-13)27-11-26-15/h1-4,7-10H,5-6,11H2,(H2,20,21,22,23). The van der Waals surface area contributed by atoms with Crippen LogP contribution in [-0.2, 0) is 0 Å². The quantitative estimate of drug-likeness (QED) is 0.728. The number of benzene rings is 2. The molecule has 2 N–H and O–H groups in total. The van der Waals surface area contributed by atoms with Gasteiger partial charge in [-0.25, -0.2) is 9.97 Å². The van der Waals surface area contributed by atoms with Gasteiger partial charge in [0.05, 0.1) is 0 Å². The van der Waals surface area contributed by atoms with Crippen LogP contribution in [0.4, 0.5) is 23.0 Å². The molecule has 5 rings (SSSR count). The van der Waals surface area contributed by atoms with Crippen molar-refractivity contribution in [1.82, 2.24) is 9.97 Å². The number of nitrogens with zero attached hydrogens (tertiary/aromatic N) is 2. The molecule has 3 heterocycles. The summed E-state index contributed by atoms with van der Waals surface area (Å²) in [5, 5.41) is 6.49. The highest BCUT2D eigenvalue weighted by atomic mass is 16.7. The van der Waals surface area contributed by atoms with E-state index in [0.29, 0.717) is 30.6 Å². The van der Waals surface area contributed by atoms with Crippen molar-refractivity contribution >= 4 is 23.0 Å². The van der Waals surface area contributed by atoms with E-state index >= 15 is 0 Å². The fraction of sp³-hybridized carbons (Fsp3) is 0.158. The van der Waals surface area contributed by atoms with Crippen LogP contribution in [0.15, 0.2) is 48.8 Å². The average molecular weight is 364 g/mol. The van der Waals surface area contributed by atoms with Crippen molar-refractivity contribution < 1.29 is 18.9 Å². The summed E-state index contributed by atoms with van der Waals surface area (Å²) in [7, 11) is 0. The monoisotopic (exact) mass is 364 g/mol. The molecular weight excluding hydrogens is 348 g/mol. The van der Waals surface area contributed by atoms with E-state index in [1.807, 2.05) is 42.5 Å². The lowest BCUT2D eigenvalue weighted by Crippen LogP contribution is -2.15. The predicted molar refractivity (Wildman–Crippen MR) is 98.6 cm³/mol. The minimum atomic E-state index is 0.246. The lowest BCUT2D eigenvalue weighted by molar-refractivity contribution is 0.171. The number of fused-ring (bicyclic) bond motifs is 2. The minimum absolute atomic E-state index is 0.246. The number of hydrogen-bond acceptors (Lipinski definition) is 8. The number of hydrogen-bond donors (Lipinski definition) is 2. The SMILES string of the molecule is c1nc(Nc2ccc3c(c2)OCCO3)cc(Nc2ccc3c(c2)OCO3)n1. The first-order chi connectivity index (χ1) is 13.3. The van der Waals surface area contributed by atoms with Crippen LogP contribution in [0.1, 0.15) is 0 Å². The molecule has 0 atom stereocenters. The molecule has 0 aliphatic carbocycles. The summed E-state index contributed by atoms with van der Waals surface area (Å²) >= 11 is 0. The Hall–Kier alpha value is -3.68. The first-order valence-electron chi connectivity index (χ1n) is 8.49.